The van der Waals surface area contributed by atoms with Crippen LogP contribution in [0.1, 0.15) is 44.1 Å². The van der Waals surface area contributed by atoms with Crippen LogP contribution in [0.25, 0.3) is 10.1 Å². The van der Waals surface area contributed by atoms with Crippen molar-refractivity contribution in [1.29, 1.82) is 5.26 Å². The largest absolute Gasteiger partial charge is 0.489 e. The molecular formula is C32H39N3O2S. The predicted octanol–water partition coefficient (Wildman–Crippen LogP) is 7.89. The van der Waals surface area contributed by atoms with Crippen LogP contribution in [0.3, 0.4) is 0 Å². The number of piperidine rings is 1. The molecule has 4 rings (SSSR count). The smallest absolute Gasteiger partial charge is 0.211 e. The van der Waals surface area contributed by atoms with Gasteiger partial charge in [0.05, 0.1) is 5.56 Å². The molecule has 0 saturated carbocycles. The van der Waals surface area contributed by atoms with Crippen LogP contribution in [-0.2, 0) is 4.79 Å². The van der Waals surface area contributed by atoms with Crippen LogP contribution >= 0.6 is 11.3 Å². The van der Waals surface area contributed by atoms with E-state index in [-0.39, 0.29) is 6.10 Å². The Morgan fingerprint density at radius 3 is 2.58 bits per heavy atom. The van der Waals surface area contributed by atoms with Crippen LogP contribution < -0.4 is 10.1 Å². The van der Waals surface area contributed by atoms with Crippen molar-refractivity contribution in [2.75, 3.05) is 25.0 Å². The lowest BCUT2D eigenvalue weighted by Crippen LogP contribution is -2.39. The number of anilines is 1. The highest BCUT2D eigenvalue weighted by atomic mass is 32.1. The summed E-state index contributed by atoms with van der Waals surface area (Å²) in [5.41, 5.74) is 2.30. The number of rotatable bonds is 8. The zero-order valence-corrected chi connectivity index (χ0v) is 23.8. The molecule has 5 nitrogen and oxygen atoms in total. The van der Waals surface area contributed by atoms with Gasteiger partial charge in [0.1, 0.15) is 17.9 Å². The van der Waals surface area contributed by atoms with Gasteiger partial charge in [0, 0.05) is 34.9 Å². The van der Waals surface area contributed by atoms with Crippen LogP contribution in [0.2, 0.25) is 0 Å². The number of carbonyl (C=O) groups is 1. The van der Waals surface area contributed by atoms with E-state index in [1.165, 1.54) is 20.5 Å². The topological polar surface area (TPSA) is 65.4 Å². The molecule has 2 heterocycles. The summed E-state index contributed by atoms with van der Waals surface area (Å²) in [4.78, 5) is 14.3. The van der Waals surface area contributed by atoms with Gasteiger partial charge in [0.2, 0.25) is 6.41 Å². The van der Waals surface area contributed by atoms with E-state index >= 15 is 0 Å². The molecule has 0 radical (unpaired) electrons. The highest BCUT2D eigenvalue weighted by molar-refractivity contribution is 7.19. The molecule has 2 aromatic carbocycles. The van der Waals surface area contributed by atoms with Gasteiger partial charge in [-0.25, -0.2) is 0 Å². The monoisotopic (exact) mass is 529 g/mol. The summed E-state index contributed by atoms with van der Waals surface area (Å²) in [6, 6.07) is 17.9. The molecule has 6 heteroatoms. The summed E-state index contributed by atoms with van der Waals surface area (Å²) in [7, 11) is 0. The number of hydrogen-bond donors (Lipinski definition) is 1. The fourth-order valence-electron chi connectivity index (χ4n) is 4.05. The molecular weight excluding hydrogens is 490 g/mol. The maximum absolute atomic E-state index is 10.5. The first-order valence-corrected chi connectivity index (χ1v) is 13.9. The Bertz CT molecular complexity index is 1230. The van der Waals surface area contributed by atoms with E-state index in [1.807, 2.05) is 38.2 Å². The maximum atomic E-state index is 10.5. The number of carbonyl (C=O) groups excluding carboxylic acids is 1. The van der Waals surface area contributed by atoms with Crippen molar-refractivity contribution in [2.24, 2.45) is 0 Å². The van der Waals surface area contributed by atoms with Gasteiger partial charge in [-0.2, -0.15) is 5.26 Å². The van der Waals surface area contributed by atoms with Gasteiger partial charge in [0.15, 0.2) is 0 Å². The lowest BCUT2D eigenvalue weighted by molar-refractivity contribution is -0.105. The number of hydrogen-bond acceptors (Lipinski definition) is 5. The van der Waals surface area contributed by atoms with Crippen molar-refractivity contribution in [3.63, 3.8) is 0 Å². The summed E-state index contributed by atoms with van der Waals surface area (Å²) in [6.45, 7) is 14.7. The van der Waals surface area contributed by atoms with Gasteiger partial charge < -0.3 is 10.1 Å². The Hall–Kier alpha value is -3.66. The quantitative estimate of drug-likeness (QED) is 0.238. The van der Waals surface area contributed by atoms with Crippen molar-refractivity contribution in [3.05, 3.63) is 95.4 Å². The zero-order chi connectivity index (χ0) is 27.8. The fraction of sp³-hybridized carbons (Fsp3) is 0.312. The third kappa shape index (κ3) is 9.66. The highest BCUT2D eigenvalue weighted by Crippen LogP contribution is 2.26. The molecule has 0 bridgehead atoms. The highest BCUT2D eigenvalue weighted by Gasteiger charge is 2.21. The second-order valence-corrected chi connectivity index (χ2v) is 9.82. The number of allylic oxidation sites excluding steroid dienone is 3. The number of benzene rings is 2. The minimum atomic E-state index is 0.0982. The van der Waals surface area contributed by atoms with Gasteiger partial charge in [-0.1, -0.05) is 62.9 Å². The standard InChI is InChI=1S/C21H25N3O2.C9H8S.C2H6/c1-3-5-6-17(4-2)15-24-11-9-20(10-12-24)26-21-8-7-19(23-16-25)13-18(21)14-22;1-7-6-8-4-2-3-5-9(8)10-7;1-2/h3-8,13,16,20H,1,9-12,15H2,2H3,(H,23,25);2-6H,1H3;1-2H3/b6-5-,17-4+;;. The molecule has 1 aliphatic rings. The number of nitriles is 1. The molecule has 1 saturated heterocycles. The first kappa shape index (κ1) is 30.6. The number of nitrogens with one attached hydrogen (secondary N) is 1. The summed E-state index contributed by atoms with van der Waals surface area (Å²) in [5, 5.41) is 13.2. The number of fused-ring (bicyclic) bond motifs is 1. The van der Waals surface area contributed by atoms with Gasteiger partial charge >= 0.3 is 0 Å². The molecule has 0 spiro atoms. The van der Waals surface area contributed by atoms with E-state index in [4.69, 9.17) is 4.74 Å². The molecule has 1 aliphatic heterocycles. The third-order valence-corrected chi connectivity index (χ3v) is 6.96. The number of ether oxygens (including phenoxy) is 1. The second kappa shape index (κ2) is 17.0. The molecule has 0 aliphatic carbocycles. The fourth-order valence-corrected chi connectivity index (χ4v) is 4.97. The van der Waals surface area contributed by atoms with Crippen molar-refractivity contribution in [1.82, 2.24) is 4.90 Å². The van der Waals surface area contributed by atoms with Crippen molar-refractivity contribution in [2.45, 2.75) is 46.6 Å². The number of amides is 1. The summed E-state index contributed by atoms with van der Waals surface area (Å²) < 4.78 is 7.44. The molecule has 1 fully saturated rings. The number of thiophene rings is 1. The molecule has 38 heavy (non-hydrogen) atoms. The SMILES string of the molecule is C=C/C=C\C(=C/C)CN1CCC(Oc2ccc(NC=O)cc2C#N)CC1.CC.Cc1cc2ccccc2s1. The van der Waals surface area contributed by atoms with Gasteiger partial charge in [-0.15, -0.1) is 11.3 Å². The molecule has 3 aromatic rings. The van der Waals surface area contributed by atoms with Crippen molar-refractivity contribution in [3.8, 4) is 11.8 Å². The normalized spacial score (nSPS) is 14.0. The van der Waals surface area contributed by atoms with Crippen LogP contribution in [0.4, 0.5) is 5.69 Å². The van der Waals surface area contributed by atoms with E-state index in [2.05, 4.69) is 72.3 Å². The Labute approximate surface area is 231 Å². The van der Waals surface area contributed by atoms with Crippen LogP contribution in [0.15, 0.2) is 85.0 Å². The van der Waals surface area contributed by atoms with E-state index in [0.29, 0.717) is 23.4 Å². The number of likely N-dealkylation sites (tertiary alicyclic amines) is 1. The summed E-state index contributed by atoms with van der Waals surface area (Å²) >= 11 is 1.85. The van der Waals surface area contributed by atoms with E-state index in [1.54, 1.807) is 24.3 Å². The Morgan fingerprint density at radius 2 is 1.95 bits per heavy atom. The lowest BCUT2D eigenvalue weighted by Gasteiger charge is -2.32. The molecule has 0 unspecified atom stereocenters. The number of aryl methyl sites for hydroxylation is 1. The zero-order valence-electron chi connectivity index (χ0n) is 22.9. The maximum Gasteiger partial charge on any atom is 0.211 e. The molecule has 1 aromatic heterocycles. The average Bonchev–Trinajstić information content (AvgIpc) is 3.34. The first-order valence-electron chi connectivity index (χ1n) is 13.1. The van der Waals surface area contributed by atoms with Crippen molar-refractivity contribution >= 4 is 33.5 Å². The minimum Gasteiger partial charge on any atom is -0.489 e. The Morgan fingerprint density at radius 1 is 1.21 bits per heavy atom. The molecule has 1 N–H and O–H groups in total. The Balaban J connectivity index is 0.000000347. The second-order valence-electron chi connectivity index (χ2n) is 8.53. The lowest BCUT2D eigenvalue weighted by atomic mass is 10.1. The summed E-state index contributed by atoms with van der Waals surface area (Å²) in [6.07, 6.45) is 10.5. The van der Waals surface area contributed by atoms with Crippen molar-refractivity contribution < 1.29 is 9.53 Å². The predicted molar refractivity (Wildman–Crippen MR) is 162 cm³/mol. The van der Waals surface area contributed by atoms with Crippen LogP contribution in [0, 0.1) is 18.3 Å². The minimum absolute atomic E-state index is 0.0982. The van der Waals surface area contributed by atoms with E-state index < -0.39 is 0 Å². The average molecular weight is 530 g/mol. The molecule has 0 atom stereocenters. The van der Waals surface area contributed by atoms with Gasteiger partial charge in [0.25, 0.3) is 0 Å². The number of nitrogens with zero attached hydrogens (tertiary/aromatic N) is 2. The van der Waals surface area contributed by atoms with E-state index in [0.717, 1.165) is 32.5 Å². The van der Waals surface area contributed by atoms with Crippen LogP contribution in [-0.4, -0.2) is 37.0 Å². The first-order chi connectivity index (χ1) is 18.6. The Kier molecular flexibility index (Phi) is 13.6. The molecule has 200 valence electrons. The van der Waals surface area contributed by atoms with Gasteiger partial charge in [-0.3, -0.25) is 9.69 Å². The van der Waals surface area contributed by atoms with Gasteiger partial charge in [-0.05, 0) is 68.0 Å². The van der Waals surface area contributed by atoms with Crippen LogP contribution in [0.5, 0.6) is 5.75 Å². The molecule has 1 amide bonds. The summed E-state index contributed by atoms with van der Waals surface area (Å²) in [5.74, 6) is 0.574. The third-order valence-electron chi connectivity index (χ3n) is 5.93. The van der Waals surface area contributed by atoms with E-state index in [9.17, 15) is 10.1 Å².